The van der Waals surface area contributed by atoms with Crippen molar-refractivity contribution >= 4 is 15.9 Å². The van der Waals surface area contributed by atoms with Crippen molar-refractivity contribution in [2.75, 3.05) is 32.7 Å². The van der Waals surface area contributed by atoms with Gasteiger partial charge in [0.1, 0.15) is 0 Å². The topological polar surface area (TPSA) is 69.7 Å². The van der Waals surface area contributed by atoms with E-state index in [1.165, 1.54) is 0 Å². The number of piperazine rings is 1. The van der Waals surface area contributed by atoms with E-state index < -0.39 is 10.0 Å². The van der Waals surface area contributed by atoms with Crippen LogP contribution in [0.1, 0.15) is 48.1 Å². The zero-order valence-electron chi connectivity index (χ0n) is 18.3. The Labute approximate surface area is 170 Å². The minimum atomic E-state index is -3.56. The van der Waals surface area contributed by atoms with Gasteiger partial charge in [0.15, 0.2) is 0 Å². The zero-order valence-corrected chi connectivity index (χ0v) is 19.2. The summed E-state index contributed by atoms with van der Waals surface area (Å²) in [5, 5.41) is 2.92. The first-order valence-corrected chi connectivity index (χ1v) is 11.6. The van der Waals surface area contributed by atoms with Crippen LogP contribution in [0.5, 0.6) is 0 Å². The summed E-state index contributed by atoms with van der Waals surface area (Å²) < 4.78 is 28.4. The lowest BCUT2D eigenvalue weighted by molar-refractivity contribution is -0.126. The second-order valence-corrected chi connectivity index (χ2v) is 9.74. The first-order chi connectivity index (χ1) is 13.0. The Balaban J connectivity index is 2.20. The first-order valence-electron chi connectivity index (χ1n) is 10.1. The molecular weight excluding hydrogens is 374 g/mol. The predicted octanol–water partition coefficient (Wildman–Crippen LogP) is 2.45. The maximum atomic E-state index is 13.4. The minimum absolute atomic E-state index is 0.00892. The van der Waals surface area contributed by atoms with Gasteiger partial charge in [-0.05, 0) is 75.8 Å². The Morgan fingerprint density at radius 3 is 1.86 bits per heavy atom. The van der Waals surface area contributed by atoms with E-state index in [9.17, 15) is 13.2 Å². The molecule has 0 bridgehead atoms. The average molecular weight is 410 g/mol. The van der Waals surface area contributed by atoms with Gasteiger partial charge in [0.2, 0.25) is 15.9 Å². The van der Waals surface area contributed by atoms with Crippen LogP contribution in [-0.4, -0.2) is 62.3 Å². The standard InChI is InChI=1S/C21H35N3O3S/c1-8-9-22-21(25)19(7)23-10-12-24(13-11-23)28(26,27)20-17(5)15(3)14(2)16(4)18(20)6/h19H,8-13H2,1-7H3,(H,22,25). The summed E-state index contributed by atoms with van der Waals surface area (Å²) in [4.78, 5) is 14.7. The maximum absolute atomic E-state index is 13.4. The van der Waals surface area contributed by atoms with E-state index in [2.05, 4.69) is 10.2 Å². The van der Waals surface area contributed by atoms with Crippen molar-refractivity contribution in [1.82, 2.24) is 14.5 Å². The molecule has 0 aliphatic carbocycles. The van der Waals surface area contributed by atoms with E-state index in [4.69, 9.17) is 0 Å². The third kappa shape index (κ3) is 4.26. The van der Waals surface area contributed by atoms with E-state index >= 15 is 0 Å². The third-order valence-corrected chi connectivity index (χ3v) is 8.45. The summed E-state index contributed by atoms with van der Waals surface area (Å²) in [6.07, 6.45) is 0.901. The normalized spacial score (nSPS) is 17.5. The van der Waals surface area contributed by atoms with Gasteiger partial charge in [-0.1, -0.05) is 6.92 Å². The van der Waals surface area contributed by atoms with E-state index in [1.807, 2.05) is 48.5 Å². The van der Waals surface area contributed by atoms with Gasteiger partial charge in [-0.25, -0.2) is 8.42 Å². The Morgan fingerprint density at radius 1 is 0.929 bits per heavy atom. The monoisotopic (exact) mass is 409 g/mol. The van der Waals surface area contributed by atoms with Gasteiger partial charge in [-0.2, -0.15) is 4.31 Å². The van der Waals surface area contributed by atoms with Crippen molar-refractivity contribution < 1.29 is 13.2 Å². The number of nitrogens with one attached hydrogen (secondary N) is 1. The summed E-state index contributed by atoms with van der Waals surface area (Å²) in [5.41, 5.74) is 4.93. The summed E-state index contributed by atoms with van der Waals surface area (Å²) in [7, 11) is -3.56. The molecule has 1 aliphatic rings. The second kappa shape index (κ2) is 8.93. The zero-order chi connectivity index (χ0) is 21.2. The van der Waals surface area contributed by atoms with Gasteiger partial charge in [-0.15, -0.1) is 0 Å². The van der Waals surface area contributed by atoms with E-state index in [1.54, 1.807) is 4.31 Å². The van der Waals surface area contributed by atoms with Gasteiger partial charge < -0.3 is 5.32 Å². The van der Waals surface area contributed by atoms with Crippen LogP contribution >= 0.6 is 0 Å². The molecular formula is C21H35N3O3S. The molecule has 1 amide bonds. The lowest BCUT2D eigenvalue weighted by Crippen LogP contribution is -2.55. The molecule has 1 unspecified atom stereocenters. The fourth-order valence-corrected chi connectivity index (χ4v) is 5.86. The molecule has 2 rings (SSSR count). The number of hydrogen-bond donors (Lipinski definition) is 1. The summed E-state index contributed by atoms with van der Waals surface area (Å²) >= 11 is 0. The highest BCUT2D eigenvalue weighted by atomic mass is 32.2. The molecule has 1 aliphatic heterocycles. The fourth-order valence-electron chi connectivity index (χ4n) is 3.87. The van der Waals surface area contributed by atoms with Gasteiger partial charge in [0.05, 0.1) is 10.9 Å². The Morgan fingerprint density at radius 2 is 1.39 bits per heavy atom. The van der Waals surface area contributed by atoms with Crippen LogP contribution in [0.25, 0.3) is 0 Å². The lowest BCUT2D eigenvalue weighted by atomic mass is 9.95. The number of carbonyl (C=O) groups excluding carboxylic acids is 1. The molecule has 158 valence electrons. The highest BCUT2D eigenvalue weighted by Gasteiger charge is 2.34. The molecule has 1 aromatic rings. The Hall–Kier alpha value is -1.44. The highest BCUT2D eigenvalue weighted by molar-refractivity contribution is 7.89. The third-order valence-electron chi connectivity index (χ3n) is 6.28. The number of hydrogen-bond acceptors (Lipinski definition) is 4. The fraction of sp³-hybridized carbons (Fsp3) is 0.667. The first kappa shape index (κ1) is 22.8. The minimum Gasteiger partial charge on any atom is -0.355 e. The molecule has 1 atom stereocenters. The van der Waals surface area contributed by atoms with Gasteiger partial charge >= 0.3 is 0 Å². The average Bonchev–Trinajstić information content (AvgIpc) is 2.68. The van der Waals surface area contributed by atoms with Crippen LogP contribution in [0, 0.1) is 34.6 Å². The van der Waals surface area contributed by atoms with Crippen LogP contribution in [0.4, 0.5) is 0 Å². The van der Waals surface area contributed by atoms with Gasteiger partial charge in [0, 0.05) is 32.7 Å². The number of carbonyl (C=O) groups is 1. The molecule has 0 saturated carbocycles. The molecule has 0 aromatic heterocycles. The number of amides is 1. The number of benzene rings is 1. The van der Waals surface area contributed by atoms with Crippen LogP contribution < -0.4 is 5.32 Å². The molecule has 7 heteroatoms. The Bertz CT molecular complexity index is 812. The lowest BCUT2D eigenvalue weighted by Gasteiger charge is -2.37. The number of rotatable bonds is 6. The van der Waals surface area contributed by atoms with Crippen LogP contribution in [0.15, 0.2) is 4.90 Å². The largest absolute Gasteiger partial charge is 0.355 e. The van der Waals surface area contributed by atoms with Crippen LogP contribution in [0.2, 0.25) is 0 Å². The molecule has 1 saturated heterocycles. The maximum Gasteiger partial charge on any atom is 0.243 e. The van der Waals surface area contributed by atoms with Crippen LogP contribution in [-0.2, 0) is 14.8 Å². The molecule has 1 N–H and O–H groups in total. The van der Waals surface area contributed by atoms with Crippen molar-refractivity contribution in [3.05, 3.63) is 27.8 Å². The summed E-state index contributed by atoms with van der Waals surface area (Å²) in [6.45, 7) is 16.3. The quantitative estimate of drug-likeness (QED) is 0.784. The van der Waals surface area contributed by atoms with E-state index in [0.717, 1.165) is 34.2 Å². The summed E-state index contributed by atoms with van der Waals surface area (Å²) in [6, 6.07) is -0.247. The van der Waals surface area contributed by atoms with Crippen molar-refractivity contribution in [3.63, 3.8) is 0 Å². The highest BCUT2D eigenvalue weighted by Crippen LogP contribution is 2.32. The van der Waals surface area contributed by atoms with Crippen LogP contribution in [0.3, 0.4) is 0 Å². The smallest absolute Gasteiger partial charge is 0.243 e. The molecule has 0 radical (unpaired) electrons. The molecule has 1 aromatic carbocycles. The molecule has 1 fully saturated rings. The molecule has 0 spiro atoms. The molecule has 1 heterocycles. The second-order valence-electron chi connectivity index (χ2n) is 7.86. The number of sulfonamides is 1. The van der Waals surface area contributed by atoms with E-state index in [-0.39, 0.29) is 11.9 Å². The van der Waals surface area contributed by atoms with E-state index in [0.29, 0.717) is 37.6 Å². The van der Waals surface area contributed by atoms with Crippen molar-refractivity contribution in [2.45, 2.75) is 65.8 Å². The van der Waals surface area contributed by atoms with Crippen molar-refractivity contribution in [3.8, 4) is 0 Å². The van der Waals surface area contributed by atoms with Gasteiger partial charge in [-0.3, -0.25) is 9.69 Å². The SMILES string of the molecule is CCCNC(=O)C(C)N1CCN(S(=O)(=O)c2c(C)c(C)c(C)c(C)c2C)CC1. The predicted molar refractivity (Wildman–Crippen MR) is 113 cm³/mol. The summed E-state index contributed by atoms with van der Waals surface area (Å²) in [5.74, 6) is 0.00892. The number of nitrogens with zero attached hydrogens (tertiary/aromatic N) is 2. The van der Waals surface area contributed by atoms with Crippen molar-refractivity contribution in [1.29, 1.82) is 0 Å². The van der Waals surface area contributed by atoms with Crippen molar-refractivity contribution in [2.24, 2.45) is 0 Å². The Kier molecular flexibility index (Phi) is 7.28. The molecule has 6 nitrogen and oxygen atoms in total. The molecule has 28 heavy (non-hydrogen) atoms. The van der Waals surface area contributed by atoms with Gasteiger partial charge in [0.25, 0.3) is 0 Å².